The smallest absolute Gasteiger partial charge is 0.341 e. The highest BCUT2D eigenvalue weighted by atomic mass is 16.4. The van der Waals surface area contributed by atoms with Crippen molar-refractivity contribution in [1.82, 2.24) is 4.57 Å². The van der Waals surface area contributed by atoms with Crippen molar-refractivity contribution in [2.24, 2.45) is 5.73 Å². The number of rotatable bonds is 4. The average Bonchev–Trinajstić information content (AvgIpc) is 2.43. The number of nitrogens with zero attached hydrogens (tertiary/aromatic N) is 1. The number of aromatic carboxylic acids is 1. The molecule has 3 N–H and O–H groups in total. The molecule has 0 spiro atoms. The zero-order chi connectivity index (χ0) is 15.6. The number of hydrogen-bond donors (Lipinski definition) is 2. The van der Waals surface area contributed by atoms with E-state index in [0.717, 1.165) is 0 Å². The van der Waals surface area contributed by atoms with Crippen LogP contribution in [-0.4, -0.2) is 21.6 Å². The Morgan fingerprint density at radius 3 is 2.57 bits per heavy atom. The van der Waals surface area contributed by atoms with E-state index in [1.54, 1.807) is 37.3 Å². The topological polar surface area (TPSA) is 102 Å². The Kier molecular flexibility index (Phi) is 3.89. The second kappa shape index (κ2) is 5.62. The van der Waals surface area contributed by atoms with Gasteiger partial charge in [0.2, 0.25) is 5.91 Å². The maximum Gasteiger partial charge on any atom is 0.341 e. The van der Waals surface area contributed by atoms with E-state index >= 15 is 0 Å². The van der Waals surface area contributed by atoms with Crippen LogP contribution >= 0.6 is 0 Å². The number of carboxylic acid groups (broad SMARTS) is 1. The maximum absolute atomic E-state index is 12.1. The minimum Gasteiger partial charge on any atom is -0.477 e. The van der Waals surface area contributed by atoms with Gasteiger partial charge in [-0.25, -0.2) is 4.79 Å². The Labute approximate surface area is 120 Å². The van der Waals surface area contributed by atoms with Crippen LogP contribution < -0.4 is 11.3 Å². The normalized spacial score (nSPS) is 10.3. The molecule has 6 heteroatoms. The number of carboxylic acids is 1. The van der Waals surface area contributed by atoms with Crippen LogP contribution in [0.1, 0.15) is 32.0 Å². The minimum absolute atomic E-state index is 0.174. The molecule has 6 nitrogen and oxygen atoms in total. The zero-order valence-corrected chi connectivity index (χ0v) is 11.4. The van der Waals surface area contributed by atoms with Crippen LogP contribution in [0.4, 0.5) is 0 Å². The fourth-order valence-electron chi connectivity index (χ4n) is 2.04. The molecule has 0 bridgehead atoms. The third-order valence-electron chi connectivity index (χ3n) is 3.18. The molecule has 0 radical (unpaired) electrons. The molecule has 0 saturated carbocycles. The van der Waals surface area contributed by atoms with Gasteiger partial charge in [-0.15, -0.1) is 0 Å². The van der Waals surface area contributed by atoms with Crippen molar-refractivity contribution >= 4 is 11.9 Å². The number of carbonyl (C=O) groups excluding carboxylic acids is 1. The molecule has 0 fully saturated rings. The lowest BCUT2D eigenvalue weighted by Crippen LogP contribution is -2.28. The van der Waals surface area contributed by atoms with Crippen LogP contribution in [0.3, 0.4) is 0 Å². The van der Waals surface area contributed by atoms with Crippen LogP contribution in [0.25, 0.3) is 0 Å². The largest absolute Gasteiger partial charge is 0.477 e. The lowest BCUT2D eigenvalue weighted by atomic mass is 10.1. The summed E-state index contributed by atoms with van der Waals surface area (Å²) in [5, 5.41) is 8.99. The lowest BCUT2D eigenvalue weighted by molar-refractivity contribution is 0.0694. The predicted octanol–water partition coefficient (Wildman–Crippen LogP) is 1.00. The average molecular weight is 286 g/mol. The molecule has 108 valence electrons. The van der Waals surface area contributed by atoms with Crippen LogP contribution in [0.5, 0.6) is 0 Å². The Hall–Kier alpha value is -2.89. The van der Waals surface area contributed by atoms with Gasteiger partial charge in [-0.1, -0.05) is 12.1 Å². The number of primary amides is 1. The molecule has 0 unspecified atom stereocenters. The quantitative estimate of drug-likeness (QED) is 0.875. The molecule has 21 heavy (non-hydrogen) atoms. The van der Waals surface area contributed by atoms with Gasteiger partial charge in [0.05, 0.1) is 6.54 Å². The van der Waals surface area contributed by atoms with Gasteiger partial charge >= 0.3 is 5.97 Å². The van der Waals surface area contributed by atoms with E-state index in [1.807, 2.05) is 0 Å². The number of aryl methyl sites for hydroxylation is 1. The van der Waals surface area contributed by atoms with Crippen LogP contribution in [0.15, 0.2) is 41.2 Å². The molecular weight excluding hydrogens is 272 g/mol. The van der Waals surface area contributed by atoms with Gasteiger partial charge < -0.3 is 15.4 Å². The number of hydrogen-bond acceptors (Lipinski definition) is 3. The summed E-state index contributed by atoms with van der Waals surface area (Å²) in [6.45, 7) is 1.89. The van der Waals surface area contributed by atoms with Crippen molar-refractivity contribution in [3.05, 3.63) is 69.1 Å². The summed E-state index contributed by atoms with van der Waals surface area (Å²) in [4.78, 5) is 34.3. The predicted molar refractivity (Wildman–Crippen MR) is 76.5 cm³/mol. The Morgan fingerprint density at radius 1 is 1.24 bits per heavy atom. The van der Waals surface area contributed by atoms with Gasteiger partial charge in [-0.05, 0) is 36.8 Å². The molecule has 1 aromatic heterocycles. The van der Waals surface area contributed by atoms with Crippen molar-refractivity contribution in [3.63, 3.8) is 0 Å². The van der Waals surface area contributed by atoms with Gasteiger partial charge in [-0.2, -0.15) is 0 Å². The summed E-state index contributed by atoms with van der Waals surface area (Å²) in [5.74, 6) is -1.82. The van der Waals surface area contributed by atoms with Crippen molar-refractivity contribution in [3.8, 4) is 0 Å². The molecule has 1 heterocycles. The summed E-state index contributed by atoms with van der Waals surface area (Å²) in [6, 6.07) is 9.43. The minimum atomic E-state index is -1.26. The van der Waals surface area contributed by atoms with E-state index in [4.69, 9.17) is 10.8 Å². The van der Waals surface area contributed by atoms with E-state index in [9.17, 15) is 14.4 Å². The Morgan fingerprint density at radius 2 is 1.95 bits per heavy atom. The van der Waals surface area contributed by atoms with E-state index < -0.39 is 17.4 Å². The summed E-state index contributed by atoms with van der Waals surface area (Å²) < 4.78 is 1.35. The molecule has 0 aliphatic carbocycles. The third-order valence-corrected chi connectivity index (χ3v) is 3.18. The van der Waals surface area contributed by atoms with Gasteiger partial charge in [0, 0.05) is 11.3 Å². The van der Waals surface area contributed by atoms with E-state index in [1.165, 1.54) is 10.6 Å². The van der Waals surface area contributed by atoms with Crippen LogP contribution in [0, 0.1) is 6.92 Å². The van der Waals surface area contributed by atoms with Crippen molar-refractivity contribution in [1.29, 1.82) is 0 Å². The van der Waals surface area contributed by atoms with E-state index in [2.05, 4.69) is 0 Å². The molecule has 0 saturated heterocycles. The zero-order valence-electron chi connectivity index (χ0n) is 11.4. The molecule has 2 rings (SSSR count). The first-order valence-electron chi connectivity index (χ1n) is 6.22. The van der Waals surface area contributed by atoms with E-state index in [0.29, 0.717) is 16.8 Å². The summed E-state index contributed by atoms with van der Waals surface area (Å²) in [6.07, 6.45) is 0. The third kappa shape index (κ3) is 3.00. The fourth-order valence-corrected chi connectivity index (χ4v) is 2.04. The molecule has 1 amide bonds. The number of carbonyl (C=O) groups is 2. The Balaban J connectivity index is 2.47. The number of nitrogens with two attached hydrogens (primary N) is 1. The number of amides is 1. The summed E-state index contributed by atoms with van der Waals surface area (Å²) in [5.41, 5.74) is 6.02. The molecular formula is C15H14N2O4. The van der Waals surface area contributed by atoms with Gasteiger partial charge in [0.25, 0.3) is 5.56 Å². The second-order valence-electron chi connectivity index (χ2n) is 4.65. The van der Waals surface area contributed by atoms with Crippen molar-refractivity contribution in [2.45, 2.75) is 13.5 Å². The molecule has 0 atom stereocenters. The van der Waals surface area contributed by atoms with Gasteiger partial charge in [-0.3, -0.25) is 9.59 Å². The van der Waals surface area contributed by atoms with Crippen molar-refractivity contribution in [2.75, 3.05) is 0 Å². The summed E-state index contributed by atoms with van der Waals surface area (Å²) >= 11 is 0. The van der Waals surface area contributed by atoms with Crippen molar-refractivity contribution < 1.29 is 14.7 Å². The van der Waals surface area contributed by atoms with Crippen LogP contribution in [-0.2, 0) is 6.54 Å². The molecule has 0 aliphatic heterocycles. The highest BCUT2D eigenvalue weighted by Crippen LogP contribution is 2.08. The van der Waals surface area contributed by atoms with Gasteiger partial charge in [0.1, 0.15) is 5.56 Å². The number of benzene rings is 1. The van der Waals surface area contributed by atoms with Gasteiger partial charge in [0.15, 0.2) is 0 Å². The van der Waals surface area contributed by atoms with E-state index in [-0.39, 0.29) is 12.1 Å². The maximum atomic E-state index is 12.1. The highest BCUT2D eigenvalue weighted by Gasteiger charge is 2.13. The molecule has 0 aliphatic rings. The van der Waals surface area contributed by atoms with Crippen LogP contribution in [0.2, 0.25) is 0 Å². The highest BCUT2D eigenvalue weighted by molar-refractivity contribution is 5.92. The standard InChI is InChI=1S/C15H14N2O4/c1-9-5-6-12(15(20)21)14(19)17(9)8-10-3-2-4-11(7-10)13(16)18/h2-7H,8H2,1H3,(H2,16,18)(H,20,21). The number of pyridine rings is 1. The molecule has 1 aromatic carbocycles. The fraction of sp³-hybridized carbons (Fsp3) is 0.133. The monoisotopic (exact) mass is 286 g/mol. The first kappa shape index (κ1) is 14.5. The number of aromatic nitrogens is 1. The first-order valence-corrected chi connectivity index (χ1v) is 6.22. The second-order valence-corrected chi connectivity index (χ2v) is 4.65. The molecule has 2 aromatic rings. The lowest BCUT2D eigenvalue weighted by Gasteiger charge is -2.11. The first-order chi connectivity index (χ1) is 9.90. The SMILES string of the molecule is Cc1ccc(C(=O)O)c(=O)n1Cc1cccc(C(N)=O)c1. The summed E-state index contributed by atoms with van der Waals surface area (Å²) in [7, 11) is 0. The Bertz CT molecular complexity index is 777.